The van der Waals surface area contributed by atoms with Crippen LogP contribution >= 0.6 is 0 Å². The van der Waals surface area contributed by atoms with Crippen molar-refractivity contribution in [1.82, 2.24) is 4.90 Å². The summed E-state index contributed by atoms with van der Waals surface area (Å²) < 4.78 is 5.22. The molecule has 0 radical (unpaired) electrons. The van der Waals surface area contributed by atoms with Gasteiger partial charge in [0.15, 0.2) is 0 Å². The van der Waals surface area contributed by atoms with Gasteiger partial charge in [-0.3, -0.25) is 4.79 Å². The highest BCUT2D eigenvalue weighted by molar-refractivity contribution is 5.75. The third-order valence-corrected chi connectivity index (χ3v) is 5.32. The Morgan fingerprint density at radius 1 is 1.25 bits per heavy atom. The standard InChI is InChI=1S/C16H29NO3/c1-13-3-7-16(8-4-13,15(18)19)12-17-9-5-14(6-10-17)11-20-2/h13-14H,3-12H2,1-2H3,(H,18,19). The highest BCUT2D eigenvalue weighted by Crippen LogP contribution is 2.40. The Morgan fingerprint density at radius 2 is 1.85 bits per heavy atom. The predicted octanol–water partition coefficient (Wildman–Crippen LogP) is 2.63. The molecule has 0 aromatic heterocycles. The number of hydrogen-bond acceptors (Lipinski definition) is 3. The van der Waals surface area contributed by atoms with Crippen LogP contribution in [0.1, 0.15) is 45.4 Å². The number of likely N-dealkylation sites (tertiary alicyclic amines) is 1. The van der Waals surface area contributed by atoms with Crippen molar-refractivity contribution in [2.45, 2.75) is 45.4 Å². The summed E-state index contributed by atoms with van der Waals surface area (Å²) in [5.74, 6) is 0.765. The number of hydrogen-bond donors (Lipinski definition) is 1. The smallest absolute Gasteiger partial charge is 0.310 e. The molecular weight excluding hydrogens is 254 g/mol. The predicted molar refractivity (Wildman–Crippen MR) is 78.7 cm³/mol. The summed E-state index contributed by atoms with van der Waals surface area (Å²) >= 11 is 0. The first-order chi connectivity index (χ1) is 9.55. The second kappa shape index (κ2) is 6.90. The summed E-state index contributed by atoms with van der Waals surface area (Å²) in [7, 11) is 1.76. The number of methoxy groups -OCH3 is 1. The molecule has 1 saturated carbocycles. The first-order valence-corrected chi connectivity index (χ1v) is 8.00. The van der Waals surface area contributed by atoms with Crippen LogP contribution in [0.5, 0.6) is 0 Å². The largest absolute Gasteiger partial charge is 0.481 e. The molecule has 116 valence electrons. The molecule has 1 saturated heterocycles. The molecule has 4 nitrogen and oxygen atoms in total. The minimum absolute atomic E-state index is 0.486. The Morgan fingerprint density at radius 3 is 2.35 bits per heavy atom. The molecule has 0 aromatic carbocycles. The molecule has 1 aliphatic carbocycles. The Kier molecular flexibility index (Phi) is 5.44. The zero-order valence-electron chi connectivity index (χ0n) is 12.9. The Balaban J connectivity index is 1.88. The number of piperidine rings is 1. The fraction of sp³-hybridized carbons (Fsp3) is 0.938. The van der Waals surface area contributed by atoms with Crippen LogP contribution in [0.2, 0.25) is 0 Å². The normalized spacial score (nSPS) is 33.2. The van der Waals surface area contributed by atoms with E-state index in [1.165, 1.54) is 0 Å². The summed E-state index contributed by atoms with van der Waals surface area (Å²) in [5.41, 5.74) is -0.486. The van der Waals surface area contributed by atoms with Crippen LogP contribution in [-0.4, -0.2) is 49.3 Å². The fourth-order valence-electron chi connectivity index (χ4n) is 3.73. The number of carboxylic acid groups (broad SMARTS) is 1. The van der Waals surface area contributed by atoms with Crippen molar-refractivity contribution in [2.24, 2.45) is 17.3 Å². The Bertz CT molecular complexity index is 316. The maximum absolute atomic E-state index is 11.8. The molecule has 0 atom stereocenters. The fourth-order valence-corrected chi connectivity index (χ4v) is 3.73. The molecule has 0 bridgehead atoms. The van der Waals surface area contributed by atoms with E-state index in [1.54, 1.807) is 7.11 Å². The average molecular weight is 283 g/mol. The summed E-state index contributed by atoms with van der Waals surface area (Å²) in [5, 5.41) is 9.70. The van der Waals surface area contributed by atoms with Crippen LogP contribution < -0.4 is 0 Å². The van der Waals surface area contributed by atoms with Gasteiger partial charge in [-0.05, 0) is 63.5 Å². The summed E-state index contributed by atoms with van der Waals surface area (Å²) in [6, 6.07) is 0. The van der Waals surface area contributed by atoms with Crippen molar-refractivity contribution in [3.8, 4) is 0 Å². The van der Waals surface area contributed by atoms with Crippen molar-refractivity contribution >= 4 is 5.97 Å². The minimum Gasteiger partial charge on any atom is -0.481 e. The van der Waals surface area contributed by atoms with Crippen LogP contribution in [0.3, 0.4) is 0 Å². The van der Waals surface area contributed by atoms with Gasteiger partial charge >= 0.3 is 5.97 Å². The Hall–Kier alpha value is -0.610. The molecule has 20 heavy (non-hydrogen) atoms. The van der Waals surface area contributed by atoms with Gasteiger partial charge in [0.05, 0.1) is 5.41 Å². The van der Waals surface area contributed by atoms with E-state index >= 15 is 0 Å². The van der Waals surface area contributed by atoms with Crippen LogP contribution in [0.25, 0.3) is 0 Å². The van der Waals surface area contributed by atoms with Crippen molar-refractivity contribution < 1.29 is 14.6 Å². The number of carboxylic acids is 1. The Labute approximate surface area is 122 Å². The first-order valence-electron chi connectivity index (χ1n) is 8.00. The topological polar surface area (TPSA) is 49.8 Å². The van der Waals surface area contributed by atoms with Crippen LogP contribution in [-0.2, 0) is 9.53 Å². The van der Waals surface area contributed by atoms with Crippen molar-refractivity contribution in [3.63, 3.8) is 0 Å². The third-order valence-electron chi connectivity index (χ3n) is 5.32. The van der Waals surface area contributed by atoms with E-state index in [2.05, 4.69) is 11.8 Å². The summed E-state index contributed by atoms with van der Waals surface area (Å²) in [4.78, 5) is 14.1. The second-order valence-electron chi connectivity index (χ2n) is 6.94. The maximum Gasteiger partial charge on any atom is 0.310 e. The van der Waals surface area contributed by atoms with E-state index in [4.69, 9.17) is 4.74 Å². The quantitative estimate of drug-likeness (QED) is 0.842. The van der Waals surface area contributed by atoms with Crippen molar-refractivity contribution in [3.05, 3.63) is 0 Å². The average Bonchev–Trinajstić information content (AvgIpc) is 2.44. The lowest BCUT2D eigenvalue weighted by atomic mass is 9.70. The SMILES string of the molecule is COCC1CCN(CC2(C(=O)O)CCC(C)CC2)CC1. The van der Waals surface area contributed by atoms with Gasteiger partial charge in [0.2, 0.25) is 0 Å². The van der Waals surface area contributed by atoms with Crippen molar-refractivity contribution in [1.29, 1.82) is 0 Å². The molecule has 0 aromatic rings. The van der Waals surface area contributed by atoms with E-state index in [0.29, 0.717) is 11.8 Å². The molecule has 1 N–H and O–H groups in total. The lowest BCUT2D eigenvalue weighted by Crippen LogP contribution is -2.47. The molecule has 2 rings (SSSR count). The van der Waals surface area contributed by atoms with Crippen molar-refractivity contribution in [2.75, 3.05) is 33.4 Å². The number of ether oxygens (including phenoxy) is 1. The van der Waals surface area contributed by atoms with Crippen LogP contribution in [0, 0.1) is 17.3 Å². The molecule has 0 spiro atoms. The van der Waals surface area contributed by atoms with E-state index in [-0.39, 0.29) is 0 Å². The minimum atomic E-state index is -0.580. The lowest BCUT2D eigenvalue weighted by Gasteiger charge is -2.41. The second-order valence-corrected chi connectivity index (χ2v) is 6.94. The molecule has 4 heteroatoms. The molecule has 1 heterocycles. The third kappa shape index (κ3) is 3.73. The van der Waals surface area contributed by atoms with E-state index in [1.807, 2.05) is 0 Å². The van der Waals surface area contributed by atoms with Crippen LogP contribution in [0.4, 0.5) is 0 Å². The van der Waals surface area contributed by atoms with Gasteiger partial charge in [0.25, 0.3) is 0 Å². The molecule has 0 amide bonds. The maximum atomic E-state index is 11.8. The zero-order valence-corrected chi connectivity index (χ0v) is 12.9. The van der Waals surface area contributed by atoms with E-state index in [9.17, 15) is 9.90 Å². The molecule has 2 aliphatic rings. The van der Waals surface area contributed by atoms with Gasteiger partial charge in [-0.2, -0.15) is 0 Å². The molecular formula is C16H29NO3. The van der Waals surface area contributed by atoms with Gasteiger partial charge in [0.1, 0.15) is 0 Å². The van der Waals surface area contributed by atoms with E-state index in [0.717, 1.165) is 64.8 Å². The highest BCUT2D eigenvalue weighted by Gasteiger charge is 2.42. The lowest BCUT2D eigenvalue weighted by molar-refractivity contribution is -0.153. The summed E-state index contributed by atoms with van der Waals surface area (Å²) in [6.07, 6.45) is 6.10. The van der Waals surface area contributed by atoms with Gasteiger partial charge < -0.3 is 14.7 Å². The van der Waals surface area contributed by atoms with Gasteiger partial charge in [-0.15, -0.1) is 0 Å². The monoisotopic (exact) mass is 283 g/mol. The number of carbonyl (C=O) groups is 1. The summed E-state index contributed by atoms with van der Waals surface area (Å²) in [6.45, 7) is 5.88. The van der Waals surface area contributed by atoms with Gasteiger partial charge in [-0.25, -0.2) is 0 Å². The molecule has 1 aliphatic heterocycles. The first kappa shape index (κ1) is 15.8. The molecule has 2 fully saturated rings. The number of rotatable bonds is 5. The number of nitrogens with zero attached hydrogens (tertiary/aromatic N) is 1. The van der Waals surface area contributed by atoms with Gasteiger partial charge in [-0.1, -0.05) is 6.92 Å². The molecule has 0 unspecified atom stereocenters. The van der Waals surface area contributed by atoms with E-state index < -0.39 is 11.4 Å². The number of aliphatic carboxylic acids is 1. The van der Waals surface area contributed by atoms with Gasteiger partial charge in [0, 0.05) is 20.3 Å². The zero-order chi connectivity index (χ0) is 14.6. The highest BCUT2D eigenvalue weighted by atomic mass is 16.5. The van der Waals surface area contributed by atoms with Crippen LogP contribution in [0.15, 0.2) is 0 Å².